The number of amides is 2. The Morgan fingerprint density at radius 1 is 1.53 bits per heavy atom. The minimum atomic E-state index is -3.54. The first kappa shape index (κ1) is 13.9. The molecule has 1 saturated heterocycles. The Kier molecular flexibility index (Phi) is 4.10. The third kappa shape index (κ3) is 3.67. The topological polar surface area (TPSA) is 86.8 Å². The van der Waals surface area contributed by atoms with Gasteiger partial charge in [-0.3, -0.25) is 9.59 Å². The molecular formula is C9H17N3O4S. The summed E-state index contributed by atoms with van der Waals surface area (Å²) in [6.07, 6.45) is 0.226. The normalized spacial score (nSPS) is 21.1. The Hall–Kier alpha value is -1.15. The second kappa shape index (κ2) is 5.01. The van der Waals surface area contributed by atoms with E-state index in [2.05, 4.69) is 5.32 Å². The zero-order valence-corrected chi connectivity index (χ0v) is 11.0. The van der Waals surface area contributed by atoms with Crippen LogP contribution in [-0.2, 0) is 19.6 Å². The van der Waals surface area contributed by atoms with Crippen molar-refractivity contribution in [2.24, 2.45) is 0 Å². The number of hydrogen-bond acceptors (Lipinski definition) is 4. The molecule has 0 aromatic rings. The molecule has 1 heterocycles. The molecule has 98 valence electrons. The zero-order valence-electron chi connectivity index (χ0n) is 10.1. The van der Waals surface area contributed by atoms with Crippen LogP contribution in [0.15, 0.2) is 0 Å². The van der Waals surface area contributed by atoms with Gasteiger partial charge in [0.15, 0.2) is 0 Å². The summed E-state index contributed by atoms with van der Waals surface area (Å²) < 4.78 is 23.9. The Balaban J connectivity index is 2.49. The van der Waals surface area contributed by atoms with Gasteiger partial charge in [-0.1, -0.05) is 0 Å². The van der Waals surface area contributed by atoms with Crippen LogP contribution in [0.1, 0.15) is 6.42 Å². The van der Waals surface area contributed by atoms with E-state index in [1.807, 2.05) is 0 Å². The highest BCUT2D eigenvalue weighted by Gasteiger charge is 2.29. The van der Waals surface area contributed by atoms with Crippen LogP contribution in [0.4, 0.5) is 0 Å². The number of nitrogens with one attached hydrogen (secondary N) is 1. The van der Waals surface area contributed by atoms with E-state index in [1.165, 1.54) is 19.0 Å². The van der Waals surface area contributed by atoms with Crippen molar-refractivity contribution < 1.29 is 18.0 Å². The van der Waals surface area contributed by atoms with Gasteiger partial charge in [0.1, 0.15) is 5.75 Å². The summed E-state index contributed by atoms with van der Waals surface area (Å²) in [4.78, 5) is 24.2. The predicted molar refractivity (Wildman–Crippen MR) is 61.7 cm³/mol. The fourth-order valence-electron chi connectivity index (χ4n) is 1.52. The van der Waals surface area contributed by atoms with Gasteiger partial charge in [-0.15, -0.1) is 0 Å². The van der Waals surface area contributed by atoms with Gasteiger partial charge in [-0.05, 0) is 0 Å². The smallest absolute Gasteiger partial charge is 0.236 e. The van der Waals surface area contributed by atoms with Gasteiger partial charge in [0.2, 0.25) is 21.8 Å². The van der Waals surface area contributed by atoms with Crippen molar-refractivity contribution in [3.05, 3.63) is 0 Å². The lowest BCUT2D eigenvalue weighted by Gasteiger charge is -2.14. The largest absolute Gasteiger partial charge is 0.350 e. The predicted octanol–water partition coefficient (Wildman–Crippen LogP) is -1.78. The summed E-state index contributed by atoms with van der Waals surface area (Å²) in [5.41, 5.74) is 0. The third-order valence-corrected chi connectivity index (χ3v) is 4.32. The van der Waals surface area contributed by atoms with Crippen molar-refractivity contribution in [1.82, 2.24) is 14.5 Å². The van der Waals surface area contributed by atoms with Crippen LogP contribution in [0.25, 0.3) is 0 Å². The van der Waals surface area contributed by atoms with Crippen molar-refractivity contribution in [2.45, 2.75) is 12.5 Å². The minimum Gasteiger partial charge on any atom is -0.350 e. The Labute approximate surface area is 101 Å². The standard InChI is InChI=1S/C9H17N3O4S/c1-11(2)17(15,16)6-8(13)10-7-4-9(14)12(3)5-7/h7H,4-6H2,1-3H3,(H,10,13). The fourth-order valence-corrected chi connectivity index (χ4v) is 2.20. The van der Waals surface area contributed by atoms with Gasteiger partial charge < -0.3 is 10.2 Å². The summed E-state index contributed by atoms with van der Waals surface area (Å²) in [6.45, 7) is 0.423. The molecule has 1 rings (SSSR count). The lowest BCUT2D eigenvalue weighted by molar-refractivity contribution is -0.126. The van der Waals surface area contributed by atoms with Gasteiger partial charge in [0, 0.05) is 34.1 Å². The Morgan fingerprint density at radius 2 is 2.12 bits per heavy atom. The number of carbonyl (C=O) groups is 2. The Bertz CT molecular complexity index is 418. The van der Waals surface area contributed by atoms with E-state index in [4.69, 9.17) is 0 Å². The monoisotopic (exact) mass is 263 g/mol. The first-order valence-corrected chi connectivity index (χ1v) is 6.77. The van der Waals surface area contributed by atoms with Gasteiger partial charge in [-0.2, -0.15) is 0 Å². The molecular weight excluding hydrogens is 246 g/mol. The maximum absolute atomic E-state index is 11.5. The molecule has 0 spiro atoms. The molecule has 1 atom stereocenters. The highest BCUT2D eigenvalue weighted by atomic mass is 32.2. The van der Waals surface area contributed by atoms with E-state index in [0.717, 1.165) is 4.31 Å². The molecule has 7 nitrogen and oxygen atoms in total. The van der Waals surface area contributed by atoms with Crippen molar-refractivity contribution in [1.29, 1.82) is 0 Å². The summed E-state index contributed by atoms with van der Waals surface area (Å²) in [5, 5.41) is 2.54. The second-order valence-electron chi connectivity index (χ2n) is 4.28. The van der Waals surface area contributed by atoms with E-state index in [9.17, 15) is 18.0 Å². The number of sulfonamides is 1. The lowest BCUT2D eigenvalue weighted by atomic mass is 10.2. The number of hydrogen-bond donors (Lipinski definition) is 1. The van der Waals surface area contributed by atoms with Crippen LogP contribution in [-0.4, -0.2) is 68.9 Å². The molecule has 0 saturated carbocycles. The van der Waals surface area contributed by atoms with Crippen LogP contribution >= 0.6 is 0 Å². The van der Waals surface area contributed by atoms with Gasteiger partial charge in [0.05, 0.1) is 6.04 Å². The lowest BCUT2D eigenvalue weighted by Crippen LogP contribution is -2.41. The average molecular weight is 263 g/mol. The number of carbonyl (C=O) groups excluding carboxylic acids is 2. The summed E-state index contributed by atoms with van der Waals surface area (Å²) >= 11 is 0. The number of rotatable bonds is 4. The zero-order chi connectivity index (χ0) is 13.2. The number of likely N-dealkylation sites (tertiary alicyclic amines) is 1. The second-order valence-corrected chi connectivity index (χ2v) is 6.46. The van der Waals surface area contributed by atoms with E-state index in [0.29, 0.717) is 6.54 Å². The highest BCUT2D eigenvalue weighted by molar-refractivity contribution is 7.89. The molecule has 1 unspecified atom stereocenters. The molecule has 1 N–H and O–H groups in total. The molecule has 1 aliphatic heterocycles. The van der Waals surface area contributed by atoms with E-state index < -0.39 is 21.7 Å². The maximum atomic E-state index is 11.5. The SMILES string of the molecule is CN1CC(NC(=O)CS(=O)(=O)N(C)C)CC1=O. The first-order valence-electron chi connectivity index (χ1n) is 5.16. The van der Waals surface area contributed by atoms with Gasteiger partial charge in [-0.25, -0.2) is 12.7 Å². The van der Waals surface area contributed by atoms with Crippen LogP contribution in [0.5, 0.6) is 0 Å². The molecule has 0 radical (unpaired) electrons. The molecule has 8 heteroatoms. The van der Waals surface area contributed by atoms with Crippen molar-refractivity contribution in [3.63, 3.8) is 0 Å². The molecule has 2 amide bonds. The van der Waals surface area contributed by atoms with Crippen LogP contribution in [0.2, 0.25) is 0 Å². The van der Waals surface area contributed by atoms with Crippen molar-refractivity contribution in [3.8, 4) is 0 Å². The van der Waals surface area contributed by atoms with Crippen molar-refractivity contribution >= 4 is 21.8 Å². The molecule has 0 aromatic heterocycles. The van der Waals surface area contributed by atoms with Crippen molar-refractivity contribution in [2.75, 3.05) is 33.4 Å². The highest BCUT2D eigenvalue weighted by Crippen LogP contribution is 2.08. The van der Waals surface area contributed by atoms with Gasteiger partial charge >= 0.3 is 0 Å². The third-order valence-electron chi connectivity index (χ3n) is 2.58. The molecule has 17 heavy (non-hydrogen) atoms. The average Bonchev–Trinajstić information content (AvgIpc) is 2.43. The number of nitrogens with zero attached hydrogens (tertiary/aromatic N) is 2. The molecule has 1 aliphatic rings. The molecule has 1 fully saturated rings. The summed E-state index contributed by atoms with van der Waals surface area (Å²) in [6, 6.07) is -0.294. The van der Waals surface area contributed by atoms with E-state index >= 15 is 0 Å². The first-order chi connectivity index (χ1) is 7.72. The van der Waals surface area contributed by atoms with E-state index in [1.54, 1.807) is 7.05 Å². The minimum absolute atomic E-state index is 0.0502. The maximum Gasteiger partial charge on any atom is 0.236 e. The van der Waals surface area contributed by atoms with E-state index in [-0.39, 0.29) is 18.4 Å². The van der Waals surface area contributed by atoms with Gasteiger partial charge in [0.25, 0.3) is 0 Å². The Morgan fingerprint density at radius 3 is 2.53 bits per heavy atom. The molecule has 0 bridgehead atoms. The summed E-state index contributed by atoms with van der Waals surface area (Å²) in [5.74, 6) is -1.22. The molecule has 0 aliphatic carbocycles. The molecule has 0 aromatic carbocycles. The summed E-state index contributed by atoms with van der Waals surface area (Å²) in [7, 11) is 0.842. The van der Waals surface area contributed by atoms with Crippen LogP contribution in [0.3, 0.4) is 0 Å². The van der Waals surface area contributed by atoms with Crippen LogP contribution < -0.4 is 5.32 Å². The fraction of sp³-hybridized carbons (Fsp3) is 0.778. The number of likely N-dealkylation sites (N-methyl/N-ethyl adjacent to an activating group) is 1. The quantitative estimate of drug-likeness (QED) is 0.650. The van der Waals surface area contributed by atoms with Crippen LogP contribution in [0, 0.1) is 0 Å².